The van der Waals surface area contributed by atoms with Gasteiger partial charge in [-0.15, -0.1) is 0 Å². The van der Waals surface area contributed by atoms with Crippen LogP contribution < -0.4 is 14.8 Å². The van der Waals surface area contributed by atoms with Gasteiger partial charge < -0.3 is 14.8 Å². The van der Waals surface area contributed by atoms with Crippen LogP contribution in [0.15, 0.2) is 54.6 Å². The molecule has 0 spiro atoms. The minimum atomic E-state index is -0.152. The molecule has 2 atom stereocenters. The second kappa shape index (κ2) is 7.18. The molecule has 0 aliphatic carbocycles. The number of hydrogen-bond donors (Lipinski definition) is 1. The fraction of sp³-hybridized carbons (Fsp3) is 0.316. The van der Waals surface area contributed by atoms with Crippen molar-refractivity contribution in [3.8, 4) is 11.5 Å². The van der Waals surface area contributed by atoms with E-state index in [1.807, 2.05) is 54.6 Å². The van der Waals surface area contributed by atoms with E-state index in [1.165, 1.54) is 5.56 Å². The highest BCUT2D eigenvalue weighted by Gasteiger charge is 2.21. The van der Waals surface area contributed by atoms with Gasteiger partial charge in [0.25, 0.3) is 0 Å². The monoisotopic (exact) mass is 311 g/mol. The van der Waals surface area contributed by atoms with Gasteiger partial charge in [-0.2, -0.15) is 0 Å². The molecule has 120 valence electrons. The van der Waals surface area contributed by atoms with Crippen molar-refractivity contribution in [3.63, 3.8) is 0 Å². The number of benzene rings is 2. The number of hydrogen-bond acceptors (Lipinski definition) is 3. The highest BCUT2D eigenvalue weighted by molar-refractivity contribution is 5.76. The van der Waals surface area contributed by atoms with E-state index in [0.29, 0.717) is 19.6 Å². The first kappa shape index (κ1) is 15.4. The lowest BCUT2D eigenvalue weighted by molar-refractivity contribution is -0.121. The first-order valence-corrected chi connectivity index (χ1v) is 7.92. The Morgan fingerprint density at radius 3 is 2.61 bits per heavy atom. The third-order valence-corrected chi connectivity index (χ3v) is 3.95. The first-order chi connectivity index (χ1) is 11.2. The molecular weight excluding hydrogens is 290 g/mol. The van der Waals surface area contributed by atoms with E-state index < -0.39 is 0 Å². The summed E-state index contributed by atoms with van der Waals surface area (Å²) < 4.78 is 11.5. The minimum absolute atomic E-state index is 0.0313. The van der Waals surface area contributed by atoms with Crippen molar-refractivity contribution in [1.29, 1.82) is 0 Å². The van der Waals surface area contributed by atoms with Gasteiger partial charge in [-0.05, 0) is 23.6 Å². The highest BCUT2D eigenvalue weighted by atomic mass is 16.6. The van der Waals surface area contributed by atoms with Gasteiger partial charge in [0.2, 0.25) is 5.91 Å². The quantitative estimate of drug-likeness (QED) is 0.923. The van der Waals surface area contributed by atoms with Crippen molar-refractivity contribution in [2.75, 3.05) is 13.2 Å². The lowest BCUT2D eigenvalue weighted by Gasteiger charge is -2.26. The number of para-hydroxylation sites is 2. The molecule has 23 heavy (non-hydrogen) atoms. The Kier molecular flexibility index (Phi) is 4.81. The molecule has 1 heterocycles. The maximum absolute atomic E-state index is 12.1. The number of rotatable bonds is 5. The topological polar surface area (TPSA) is 47.6 Å². The van der Waals surface area contributed by atoms with Gasteiger partial charge in [-0.3, -0.25) is 4.79 Å². The van der Waals surface area contributed by atoms with Crippen LogP contribution in [0.3, 0.4) is 0 Å². The summed E-state index contributed by atoms with van der Waals surface area (Å²) in [4.78, 5) is 12.1. The maximum atomic E-state index is 12.1. The molecule has 1 N–H and O–H groups in total. The highest BCUT2D eigenvalue weighted by Crippen LogP contribution is 2.30. The van der Waals surface area contributed by atoms with E-state index in [4.69, 9.17) is 9.47 Å². The van der Waals surface area contributed by atoms with Crippen LogP contribution in [0.1, 0.15) is 24.8 Å². The van der Waals surface area contributed by atoms with Crippen molar-refractivity contribution in [2.24, 2.45) is 0 Å². The van der Waals surface area contributed by atoms with Crippen LogP contribution in [-0.4, -0.2) is 25.2 Å². The Morgan fingerprint density at radius 1 is 1.13 bits per heavy atom. The lowest BCUT2D eigenvalue weighted by Crippen LogP contribution is -2.40. The van der Waals surface area contributed by atoms with Crippen LogP contribution in [0.2, 0.25) is 0 Å². The van der Waals surface area contributed by atoms with Gasteiger partial charge in [-0.25, -0.2) is 0 Å². The molecule has 2 aromatic carbocycles. The molecule has 0 saturated heterocycles. The van der Waals surface area contributed by atoms with E-state index >= 15 is 0 Å². The molecular formula is C19H21NO3. The molecule has 1 amide bonds. The van der Waals surface area contributed by atoms with Gasteiger partial charge >= 0.3 is 0 Å². The summed E-state index contributed by atoms with van der Waals surface area (Å²) in [6.45, 7) is 2.96. The van der Waals surface area contributed by atoms with Crippen molar-refractivity contribution >= 4 is 5.91 Å². The molecule has 3 rings (SSSR count). The van der Waals surface area contributed by atoms with Crippen LogP contribution in [0.25, 0.3) is 0 Å². The van der Waals surface area contributed by atoms with Crippen molar-refractivity contribution in [2.45, 2.75) is 25.4 Å². The molecule has 0 saturated carbocycles. The molecule has 0 radical (unpaired) electrons. The van der Waals surface area contributed by atoms with Crippen LogP contribution >= 0.6 is 0 Å². The smallest absolute Gasteiger partial charge is 0.220 e. The first-order valence-electron chi connectivity index (χ1n) is 7.92. The van der Waals surface area contributed by atoms with Crippen LogP contribution in [0.4, 0.5) is 0 Å². The summed E-state index contributed by atoms with van der Waals surface area (Å²) >= 11 is 0. The lowest BCUT2D eigenvalue weighted by atomic mass is 9.97. The standard InChI is InChI=1S/C19H21NO3/c1-14(15-7-3-2-4-8-15)11-19(21)20-12-16-13-22-17-9-5-6-10-18(17)23-16/h2-10,14,16H,11-13H2,1H3,(H,20,21)/t14-,16+/m0/s1. The zero-order chi connectivity index (χ0) is 16.1. The Hall–Kier alpha value is -2.49. The third-order valence-electron chi connectivity index (χ3n) is 3.95. The van der Waals surface area contributed by atoms with E-state index in [-0.39, 0.29) is 17.9 Å². The van der Waals surface area contributed by atoms with Crippen LogP contribution in [0.5, 0.6) is 11.5 Å². The summed E-state index contributed by atoms with van der Waals surface area (Å²) in [6.07, 6.45) is 0.314. The summed E-state index contributed by atoms with van der Waals surface area (Å²) in [7, 11) is 0. The van der Waals surface area contributed by atoms with E-state index in [1.54, 1.807) is 0 Å². The molecule has 0 bridgehead atoms. The zero-order valence-corrected chi connectivity index (χ0v) is 13.2. The molecule has 4 nitrogen and oxygen atoms in total. The number of nitrogens with one attached hydrogen (secondary N) is 1. The normalized spacial score (nSPS) is 17.3. The molecule has 0 aromatic heterocycles. The zero-order valence-electron chi connectivity index (χ0n) is 13.2. The number of carbonyl (C=O) groups is 1. The van der Waals surface area contributed by atoms with Crippen LogP contribution in [0, 0.1) is 0 Å². The Morgan fingerprint density at radius 2 is 1.83 bits per heavy atom. The van der Waals surface area contributed by atoms with E-state index in [2.05, 4.69) is 12.2 Å². The van der Waals surface area contributed by atoms with Crippen molar-refractivity contribution < 1.29 is 14.3 Å². The Labute approximate surface area is 136 Å². The minimum Gasteiger partial charge on any atom is -0.486 e. The fourth-order valence-corrected chi connectivity index (χ4v) is 2.64. The van der Waals surface area contributed by atoms with Crippen LogP contribution in [-0.2, 0) is 4.79 Å². The number of fused-ring (bicyclic) bond motifs is 1. The molecule has 4 heteroatoms. The third kappa shape index (κ3) is 4.03. The molecule has 2 aromatic rings. The number of carbonyl (C=O) groups excluding carboxylic acids is 1. The summed E-state index contributed by atoms with van der Waals surface area (Å²) in [5, 5.41) is 2.94. The van der Waals surface area contributed by atoms with Gasteiger partial charge in [0, 0.05) is 6.42 Å². The van der Waals surface area contributed by atoms with Crippen molar-refractivity contribution in [1.82, 2.24) is 5.32 Å². The average molecular weight is 311 g/mol. The van der Waals surface area contributed by atoms with Gasteiger partial charge in [0.15, 0.2) is 11.5 Å². The SMILES string of the molecule is C[C@@H](CC(=O)NC[C@@H]1COc2ccccc2O1)c1ccccc1. The predicted octanol–water partition coefficient (Wildman–Crippen LogP) is 3.14. The van der Waals surface area contributed by atoms with E-state index in [0.717, 1.165) is 11.5 Å². The van der Waals surface area contributed by atoms with Gasteiger partial charge in [-0.1, -0.05) is 49.4 Å². The number of ether oxygens (including phenoxy) is 2. The van der Waals surface area contributed by atoms with Crippen molar-refractivity contribution in [3.05, 3.63) is 60.2 Å². The number of amides is 1. The largest absolute Gasteiger partial charge is 0.486 e. The average Bonchev–Trinajstić information content (AvgIpc) is 2.60. The van der Waals surface area contributed by atoms with E-state index in [9.17, 15) is 4.79 Å². The van der Waals surface area contributed by atoms with Gasteiger partial charge in [0.05, 0.1) is 6.54 Å². The maximum Gasteiger partial charge on any atom is 0.220 e. The Balaban J connectivity index is 1.47. The Bertz CT molecular complexity index is 657. The molecule has 1 aliphatic rings. The van der Waals surface area contributed by atoms with Gasteiger partial charge in [0.1, 0.15) is 12.7 Å². The summed E-state index contributed by atoms with van der Waals surface area (Å²) in [5.41, 5.74) is 1.17. The second-order valence-electron chi connectivity index (χ2n) is 5.82. The summed E-state index contributed by atoms with van der Waals surface area (Å²) in [5.74, 6) is 1.72. The second-order valence-corrected chi connectivity index (χ2v) is 5.82. The summed E-state index contributed by atoms with van der Waals surface area (Å²) in [6, 6.07) is 17.6. The fourth-order valence-electron chi connectivity index (χ4n) is 2.64. The molecule has 0 fully saturated rings. The molecule has 1 aliphatic heterocycles. The predicted molar refractivity (Wildman–Crippen MR) is 88.8 cm³/mol. The molecule has 0 unspecified atom stereocenters.